The summed E-state index contributed by atoms with van der Waals surface area (Å²) >= 11 is 0. The monoisotopic (exact) mass is 242 g/mol. The van der Waals surface area contributed by atoms with Crippen molar-refractivity contribution in [3.8, 4) is 0 Å². The van der Waals surface area contributed by atoms with E-state index in [0.717, 1.165) is 0 Å². The number of hydrogen-bond donors (Lipinski definition) is 0. The van der Waals surface area contributed by atoms with Crippen LogP contribution < -0.4 is 0 Å². The minimum atomic E-state index is -6.45. The van der Waals surface area contributed by atoms with Crippen molar-refractivity contribution in [2.45, 2.75) is 43.0 Å². The fourth-order valence-electron chi connectivity index (χ4n) is 1.26. The molecule has 1 rings (SSSR count). The Labute approximate surface area is 79.2 Å². The van der Waals surface area contributed by atoms with E-state index in [1.165, 1.54) is 0 Å². The van der Waals surface area contributed by atoms with Crippen LogP contribution in [0, 0.1) is 0 Å². The Kier molecular flexibility index (Phi) is 2.48. The van der Waals surface area contributed by atoms with E-state index in [2.05, 4.69) is 0 Å². The van der Waals surface area contributed by atoms with Crippen LogP contribution in [-0.4, -0.2) is 23.7 Å². The van der Waals surface area contributed by atoms with Gasteiger partial charge in [-0.2, -0.15) is 30.7 Å². The summed E-state index contributed by atoms with van der Waals surface area (Å²) < 4.78 is 97.8. The minimum Gasteiger partial charge on any atom is -0.237 e. The van der Waals surface area contributed by atoms with Crippen molar-refractivity contribution in [1.82, 2.24) is 0 Å². The molecule has 0 bridgehead atoms. The van der Waals surface area contributed by atoms with Gasteiger partial charge < -0.3 is 0 Å². The first-order chi connectivity index (χ1) is 6.46. The molecule has 15 heavy (non-hydrogen) atoms. The van der Waals surface area contributed by atoms with Crippen LogP contribution in [0.2, 0.25) is 0 Å². The lowest BCUT2D eigenvalue weighted by Crippen LogP contribution is -2.64. The molecule has 1 aliphatic rings. The van der Waals surface area contributed by atoms with Gasteiger partial charge in [0.05, 0.1) is 0 Å². The van der Waals surface area contributed by atoms with E-state index in [1.807, 2.05) is 0 Å². The van der Waals surface area contributed by atoms with Crippen molar-refractivity contribution in [2.75, 3.05) is 0 Å². The second-order valence-corrected chi connectivity index (χ2v) is 3.47. The lowest BCUT2D eigenvalue weighted by molar-refractivity contribution is -0.386. The largest absolute Gasteiger partial charge is 0.460 e. The van der Waals surface area contributed by atoms with E-state index in [9.17, 15) is 35.1 Å². The van der Waals surface area contributed by atoms with Crippen molar-refractivity contribution < 1.29 is 35.1 Å². The predicted octanol–water partition coefficient (Wildman–Crippen LogP) is 3.71. The van der Waals surface area contributed by atoms with Crippen molar-refractivity contribution in [3.63, 3.8) is 0 Å². The molecule has 0 aromatic rings. The third-order valence-corrected chi connectivity index (χ3v) is 2.46. The lowest BCUT2D eigenvalue weighted by atomic mass is 9.75. The first-order valence-corrected chi connectivity index (χ1v) is 3.97. The first-order valence-electron chi connectivity index (χ1n) is 3.97. The number of rotatable bonds is 2. The van der Waals surface area contributed by atoms with E-state index in [1.54, 1.807) is 0 Å². The first kappa shape index (κ1) is 12.5. The molecule has 0 unspecified atom stereocenters. The average Bonchev–Trinajstić information content (AvgIpc) is 1.97. The maximum Gasteiger partial charge on any atom is 0.460 e. The molecular formula is C7H6F8. The van der Waals surface area contributed by atoms with Gasteiger partial charge in [-0.15, -0.1) is 0 Å². The van der Waals surface area contributed by atoms with Crippen LogP contribution in [0.1, 0.15) is 19.3 Å². The molecular weight excluding hydrogens is 236 g/mol. The van der Waals surface area contributed by atoms with E-state index >= 15 is 0 Å². The van der Waals surface area contributed by atoms with E-state index in [0.29, 0.717) is 0 Å². The van der Waals surface area contributed by atoms with Crippen LogP contribution in [0.3, 0.4) is 0 Å². The Bertz CT molecular complexity index is 248. The van der Waals surface area contributed by atoms with Crippen molar-refractivity contribution >= 4 is 0 Å². The molecule has 8 heteroatoms. The lowest BCUT2D eigenvalue weighted by Gasteiger charge is -2.43. The standard InChI is InChI=1S/C7H6F8/c8-4(2-1-3-4)5(9,10)6(11,12)7(13,14)15/h1-3H2. The van der Waals surface area contributed by atoms with Crippen LogP contribution in [0.5, 0.6) is 0 Å². The van der Waals surface area contributed by atoms with Gasteiger partial charge in [0.1, 0.15) is 0 Å². The third kappa shape index (κ3) is 1.48. The number of alkyl halides is 8. The Hall–Kier alpha value is -0.560. The molecule has 0 nitrogen and oxygen atoms in total. The maximum absolute atomic E-state index is 13.0. The molecule has 0 atom stereocenters. The zero-order valence-corrected chi connectivity index (χ0v) is 7.15. The smallest absolute Gasteiger partial charge is 0.237 e. The van der Waals surface area contributed by atoms with E-state index < -0.39 is 36.5 Å². The molecule has 0 aromatic heterocycles. The zero-order chi connectivity index (χ0) is 12.1. The van der Waals surface area contributed by atoms with Gasteiger partial charge in [0, 0.05) is 0 Å². The van der Waals surface area contributed by atoms with Crippen molar-refractivity contribution in [1.29, 1.82) is 0 Å². The highest BCUT2D eigenvalue weighted by atomic mass is 19.4. The third-order valence-electron chi connectivity index (χ3n) is 2.46. The zero-order valence-electron chi connectivity index (χ0n) is 7.15. The van der Waals surface area contributed by atoms with Gasteiger partial charge in [-0.05, 0) is 19.3 Å². The number of hydrogen-bond acceptors (Lipinski definition) is 0. The van der Waals surface area contributed by atoms with E-state index in [4.69, 9.17) is 0 Å². The van der Waals surface area contributed by atoms with Crippen LogP contribution >= 0.6 is 0 Å². The van der Waals surface area contributed by atoms with Crippen LogP contribution in [-0.2, 0) is 0 Å². The van der Waals surface area contributed by atoms with Gasteiger partial charge in [-0.3, -0.25) is 0 Å². The van der Waals surface area contributed by atoms with Gasteiger partial charge in [0.25, 0.3) is 0 Å². The van der Waals surface area contributed by atoms with Crippen LogP contribution in [0.15, 0.2) is 0 Å². The number of halogens is 8. The van der Waals surface area contributed by atoms with Crippen LogP contribution in [0.25, 0.3) is 0 Å². The van der Waals surface area contributed by atoms with Crippen molar-refractivity contribution in [3.05, 3.63) is 0 Å². The van der Waals surface area contributed by atoms with Gasteiger partial charge >= 0.3 is 18.0 Å². The van der Waals surface area contributed by atoms with Crippen molar-refractivity contribution in [2.24, 2.45) is 0 Å². The summed E-state index contributed by atoms with van der Waals surface area (Å²) in [5, 5.41) is 0. The fourth-order valence-corrected chi connectivity index (χ4v) is 1.26. The summed E-state index contributed by atoms with van der Waals surface area (Å²) in [5.74, 6) is -12.0. The summed E-state index contributed by atoms with van der Waals surface area (Å²) in [6, 6.07) is 0. The second-order valence-electron chi connectivity index (χ2n) is 3.47. The minimum absolute atomic E-state index is 0.125. The maximum atomic E-state index is 13.0. The average molecular weight is 242 g/mol. The summed E-state index contributed by atoms with van der Waals surface area (Å²) in [7, 11) is 0. The molecule has 90 valence electrons. The summed E-state index contributed by atoms with van der Waals surface area (Å²) in [6.45, 7) is 0. The van der Waals surface area contributed by atoms with Gasteiger partial charge in [0.15, 0.2) is 5.67 Å². The van der Waals surface area contributed by atoms with Gasteiger partial charge in [-0.1, -0.05) is 0 Å². The molecule has 0 heterocycles. The summed E-state index contributed by atoms with van der Waals surface area (Å²) in [5.41, 5.74) is -3.74. The molecule has 1 aliphatic carbocycles. The van der Waals surface area contributed by atoms with E-state index in [-0.39, 0.29) is 6.42 Å². The Morgan fingerprint density at radius 1 is 0.800 bits per heavy atom. The fraction of sp³-hybridized carbons (Fsp3) is 1.00. The molecule has 0 aliphatic heterocycles. The quantitative estimate of drug-likeness (QED) is 0.647. The normalized spacial score (nSPS) is 22.4. The Balaban J connectivity index is 3.04. The van der Waals surface area contributed by atoms with Crippen LogP contribution in [0.4, 0.5) is 35.1 Å². The Morgan fingerprint density at radius 3 is 1.40 bits per heavy atom. The molecule has 0 N–H and O–H groups in total. The molecule has 1 fully saturated rings. The molecule has 0 spiro atoms. The SMILES string of the molecule is FC(F)(F)C(F)(F)C(F)(F)C1(F)CCC1. The highest BCUT2D eigenvalue weighted by molar-refractivity contribution is 5.08. The predicted molar refractivity (Wildman–Crippen MR) is 33.6 cm³/mol. The topological polar surface area (TPSA) is 0 Å². The summed E-state index contributed by atoms with van der Waals surface area (Å²) in [4.78, 5) is 0. The molecule has 0 aromatic carbocycles. The molecule has 0 saturated heterocycles. The van der Waals surface area contributed by atoms with Gasteiger partial charge in [0.2, 0.25) is 0 Å². The Morgan fingerprint density at radius 2 is 1.20 bits per heavy atom. The van der Waals surface area contributed by atoms with Gasteiger partial charge in [-0.25, -0.2) is 4.39 Å². The molecule has 1 saturated carbocycles. The summed E-state index contributed by atoms with van der Waals surface area (Å²) in [6.07, 6.45) is -8.54. The highest BCUT2D eigenvalue weighted by Crippen LogP contribution is 2.58. The second kappa shape index (κ2) is 2.98. The molecule has 0 radical (unpaired) electrons. The highest BCUT2D eigenvalue weighted by Gasteiger charge is 2.81. The molecule has 0 amide bonds.